The second-order valence-corrected chi connectivity index (χ2v) is 2.17. The molecule has 0 unspecified atom stereocenters. The molecule has 0 aliphatic heterocycles. The molecule has 7 heteroatoms. The third kappa shape index (κ3) is 2.62. The van der Waals surface area contributed by atoms with E-state index in [9.17, 15) is 4.79 Å². The first-order valence-corrected chi connectivity index (χ1v) is 3.10. The predicted molar refractivity (Wildman–Crippen MR) is 45.8 cm³/mol. The van der Waals surface area contributed by atoms with E-state index < -0.39 is 11.2 Å². The summed E-state index contributed by atoms with van der Waals surface area (Å²) in [5.74, 6) is 4.20. The Morgan fingerprint density at radius 3 is 2.77 bits per heavy atom. The average Bonchev–Trinajstić information content (AvgIpc) is 2.01. The van der Waals surface area contributed by atoms with Crippen LogP contribution in [0.2, 0.25) is 0 Å². The molecule has 0 aliphatic carbocycles. The summed E-state index contributed by atoms with van der Waals surface area (Å²) in [6, 6.07) is 1.03. The first-order valence-electron chi connectivity index (χ1n) is 3.10. The molecule has 0 amide bonds. The van der Waals surface area contributed by atoms with Gasteiger partial charge < -0.3 is 10.3 Å². The smallest absolute Gasteiger partial charge is 0.223 e. The van der Waals surface area contributed by atoms with Gasteiger partial charge in [0, 0.05) is 6.07 Å². The van der Waals surface area contributed by atoms with Crippen molar-refractivity contribution in [3.05, 3.63) is 28.2 Å². The summed E-state index contributed by atoms with van der Waals surface area (Å²) in [4.78, 5) is 15.0. The summed E-state index contributed by atoms with van der Waals surface area (Å²) in [6.07, 6.45) is 0.872. The number of rotatable bonds is 2. The fraction of sp³-hybridized carbons (Fsp3) is 0.167. The molecule has 1 heterocycles. The Labute approximate surface area is 79.5 Å². The first-order chi connectivity index (χ1) is 5.65. The molecular formula is C6H9ClN2O4. The highest BCUT2D eigenvalue weighted by atomic mass is 35.5. The van der Waals surface area contributed by atoms with Gasteiger partial charge in [0.1, 0.15) is 6.61 Å². The van der Waals surface area contributed by atoms with Crippen LogP contribution in [0.4, 0.5) is 0 Å². The van der Waals surface area contributed by atoms with Crippen LogP contribution in [0.25, 0.3) is 0 Å². The predicted octanol–water partition coefficient (Wildman–Crippen LogP) is -0.397. The highest BCUT2D eigenvalue weighted by Crippen LogP contribution is 2.02. The molecular weight excluding hydrogens is 200 g/mol. The van der Waals surface area contributed by atoms with Crippen LogP contribution in [0, 0.1) is 0 Å². The van der Waals surface area contributed by atoms with Crippen molar-refractivity contribution >= 4 is 12.4 Å². The molecule has 0 aliphatic rings. The SMILES string of the molecule is Cl.NOCc1cc(=O)c(O)cn1O. The molecule has 6 nitrogen and oxygen atoms in total. The largest absolute Gasteiger partial charge is 0.503 e. The van der Waals surface area contributed by atoms with Crippen LogP contribution < -0.4 is 11.3 Å². The van der Waals surface area contributed by atoms with E-state index in [1.165, 1.54) is 0 Å². The number of pyridine rings is 1. The van der Waals surface area contributed by atoms with Crippen molar-refractivity contribution in [2.75, 3.05) is 0 Å². The lowest BCUT2D eigenvalue weighted by molar-refractivity contribution is 0.0909. The van der Waals surface area contributed by atoms with Crippen molar-refractivity contribution in [2.24, 2.45) is 5.90 Å². The Kier molecular flexibility index (Phi) is 4.26. The number of nitrogens with two attached hydrogens (primary N) is 1. The van der Waals surface area contributed by atoms with Gasteiger partial charge >= 0.3 is 0 Å². The number of aromatic nitrogens is 1. The molecule has 0 spiro atoms. The van der Waals surface area contributed by atoms with Gasteiger partial charge in [-0.3, -0.25) is 9.63 Å². The van der Waals surface area contributed by atoms with E-state index in [1.54, 1.807) is 0 Å². The summed E-state index contributed by atoms with van der Waals surface area (Å²) >= 11 is 0. The molecule has 0 aromatic carbocycles. The summed E-state index contributed by atoms with van der Waals surface area (Å²) in [5.41, 5.74) is -0.423. The van der Waals surface area contributed by atoms with Gasteiger partial charge in [0.15, 0.2) is 5.75 Å². The van der Waals surface area contributed by atoms with E-state index >= 15 is 0 Å². The van der Waals surface area contributed by atoms with E-state index in [-0.39, 0.29) is 24.7 Å². The molecule has 1 rings (SSSR count). The standard InChI is InChI=1S/C6H8N2O4.ClH/c7-12-3-4-1-5(9)6(10)2-8(4)11;/h1-2,10-11H,3,7H2;1H. The van der Waals surface area contributed by atoms with Crippen molar-refractivity contribution in [3.63, 3.8) is 0 Å². The van der Waals surface area contributed by atoms with Gasteiger partial charge in [-0.2, -0.15) is 4.73 Å². The Balaban J connectivity index is 0.00000144. The second kappa shape index (κ2) is 4.70. The molecule has 0 atom stereocenters. The minimum atomic E-state index is -0.590. The fourth-order valence-electron chi connectivity index (χ4n) is 0.747. The topological polar surface area (TPSA) is 97.7 Å². The van der Waals surface area contributed by atoms with E-state index in [0.717, 1.165) is 12.3 Å². The lowest BCUT2D eigenvalue weighted by Gasteiger charge is -2.04. The summed E-state index contributed by atoms with van der Waals surface area (Å²) in [6.45, 7) is -0.105. The normalized spacial score (nSPS) is 9.31. The molecule has 0 bridgehead atoms. The van der Waals surface area contributed by atoms with Crippen molar-refractivity contribution in [2.45, 2.75) is 6.61 Å². The number of aromatic hydroxyl groups is 1. The zero-order chi connectivity index (χ0) is 9.14. The second-order valence-electron chi connectivity index (χ2n) is 2.17. The van der Waals surface area contributed by atoms with Crippen LogP contribution in [0.1, 0.15) is 5.69 Å². The van der Waals surface area contributed by atoms with Gasteiger partial charge in [-0.1, -0.05) is 0 Å². The van der Waals surface area contributed by atoms with Crippen LogP contribution in [0.3, 0.4) is 0 Å². The van der Waals surface area contributed by atoms with Gasteiger partial charge in [-0.15, -0.1) is 12.4 Å². The fourth-order valence-corrected chi connectivity index (χ4v) is 0.747. The Morgan fingerprint density at radius 1 is 1.62 bits per heavy atom. The molecule has 0 radical (unpaired) electrons. The first kappa shape index (κ1) is 11.8. The van der Waals surface area contributed by atoms with Crippen LogP contribution in [-0.4, -0.2) is 15.0 Å². The number of hydrogen-bond acceptors (Lipinski definition) is 5. The number of nitrogens with zero attached hydrogens (tertiary/aromatic N) is 1. The zero-order valence-corrected chi connectivity index (χ0v) is 7.32. The summed E-state index contributed by atoms with van der Waals surface area (Å²) in [5, 5.41) is 17.9. The van der Waals surface area contributed by atoms with Crippen LogP contribution >= 0.6 is 12.4 Å². The Bertz CT molecular complexity index is 338. The maximum atomic E-state index is 10.8. The van der Waals surface area contributed by atoms with Crippen molar-refractivity contribution < 1.29 is 15.2 Å². The van der Waals surface area contributed by atoms with Crippen molar-refractivity contribution in [1.29, 1.82) is 0 Å². The van der Waals surface area contributed by atoms with Crippen molar-refractivity contribution in [1.82, 2.24) is 4.73 Å². The molecule has 4 N–H and O–H groups in total. The number of hydrogen-bond donors (Lipinski definition) is 3. The average molecular weight is 209 g/mol. The lowest BCUT2D eigenvalue weighted by Crippen LogP contribution is -2.12. The van der Waals surface area contributed by atoms with Crippen LogP contribution in [0.5, 0.6) is 5.75 Å². The van der Waals surface area contributed by atoms with Gasteiger partial charge in [-0.05, 0) is 0 Å². The van der Waals surface area contributed by atoms with E-state index in [0.29, 0.717) is 4.73 Å². The quantitative estimate of drug-likeness (QED) is 0.454. The monoisotopic (exact) mass is 208 g/mol. The molecule has 0 fully saturated rings. The zero-order valence-electron chi connectivity index (χ0n) is 6.51. The minimum absolute atomic E-state index is 0. The van der Waals surface area contributed by atoms with Crippen LogP contribution in [0.15, 0.2) is 17.1 Å². The molecule has 74 valence electrons. The van der Waals surface area contributed by atoms with E-state index in [1.807, 2.05) is 0 Å². The van der Waals surface area contributed by atoms with Gasteiger partial charge in [0.05, 0.1) is 11.9 Å². The third-order valence-electron chi connectivity index (χ3n) is 1.32. The third-order valence-corrected chi connectivity index (χ3v) is 1.32. The molecule has 1 aromatic rings. The van der Waals surface area contributed by atoms with Crippen LogP contribution in [-0.2, 0) is 11.4 Å². The van der Waals surface area contributed by atoms with E-state index in [4.69, 9.17) is 16.2 Å². The lowest BCUT2D eigenvalue weighted by atomic mass is 10.3. The minimum Gasteiger partial charge on any atom is -0.503 e. The maximum absolute atomic E-state index is 10.8. The van der Waals surface area contributed by atoms with Gasteiger partial charge in [-0.25, -0.2) is 5.90 Å². The highest BCUT2D eigenvalue weighted by molar-refractivity contribution is 5.85. The highest BCUT2D eigenvalue weighted by Gasteiger charge is 2.03. The Morgan fingerprint density at radius 2 is 2.23 bits per heavy atom. The van der Waals surface area contributed by atoms with Gasteiger partial charge in [0.2, 0.25) is 5.43 Å². The summed E-state index contributed by atoms with van der Waals surface area (Å²) < 4.78 is 0.573. The van der Waals surface area contributed by atoms with Gasteiger partial charge in [0.25, 0.3) is 0 Å². The maximum Gasteiger partial charge on any atom is 0.223 e. The van der Waals surface area contributed by atoms with E-state index in [2.05, 4.69) is 4.84 Å². The molecule has 13 heavy (non-hydrogen) atoms. The molecule has 1 aromatic heterocycles. The Hall–Kier alpha value is -1.24. The summed E-state index contributed by atoms with van der Waals surface area (Å²) in [7, 11) is 0. The van der Waals surface area contributed by atoms with Crippen molar-refractivity contribution in [3.8, 4) is 5.75 Å². The number of halogens is 1. The molecule has 0 saturated heterocycles. The molecule has 0 saturated carbocycles.